The van der Waals surface area contributed by atoms with Crippen molar-refractivity contribution in [1.29, 1.82) is 0 Å². The van der Waals surface area contributed by atoms with Crippen LogP contribution in [-0.2, 0) is 0 Å². The van der Waals surface area contributed by atoms with Crippen molar-refractivity contribution in [2.45, 2.75) is 45.2 Å². The molecule has 0 radical (unpaired) electrons. The predicted octanol–water partition coefficient (Wildman–Crippen LogP) is 2.99. The fourth-order valence-electron chi connectivity index (χ4n) is 3.42. The number of piperidine rings is 1. The van der Waals surface area contributed by atoms with Crippen LogP contribution in [0.15, 0.2) is 30.5 Å². The number of anilines is 1. The van der Waals surface area contributed by atoms with Gasteiger partial charge >= 0.3 is 0 Å². The third-order valence-electron chi connectivity index (χ3n) is 4.48. The minimum Gasteiger partial charge on any atom is -0.350 e. The summed E-state index contributed by atoms with van der Waals surface area (Å²) in [7, 11) is 0. The SMILES string of the molecule is CCNC(C)C1CCCCN1c1nncc2ccccc12. The van der Waals surface area contributed by atoms with Crippen molar-refractivity contribution in [1.82, 2.24) is 15.5 Å². The second-order valence-electron chi connectivity index (χ2n) is 5.86. The van der Waals surface area contributed by atoms with Gasteiger partial charge in [0.1, 0.15) is 0 Å². The number of nitrogens with zero attached hydrogens (tertiary/aromatic N) is 3. The first kappa shape index (κ1) is 14.3. The van der Waals surface area contributed by atoms with Gasteiger partial charge in [-0.2, -0.15) is 5.10 Å². The van der Waals surface area contributed by atoms with Crippen molar-refractivity contribution >= 4 is 16.6 Å². The Morgan fingerprint density at radius 3 is 3.05 bits per heavy atom. The van der Waals surface area contributed by atoms with Crippen LogP contribution < -0.4 is 10.2 Å². The first-order valence-corrected chi connectivity index (χ1v) is 8.01. The normalized spacial score (nSPS) is 20.7. The number of hydrogen-bond acceptors (Lipinski definition) is 4. The molecule has 1 aliphatic rings. The fraction of sp³-hybridized carbons (Fsp3) is 0.529. The van der Waals surface area contributed by atoms with Crippen molar-refractivity contribution in [3.05, 3.63) is 30.5 Å². The molecule has 1 aromatic carbocycles. The monoisotopic (exact) mass is 284 g/mol. The van der Waals surface area contributed by atoms with E-state index in [-0.39, 0.29) is 0 Å². The maximum absolute atomic E-state index is 4.47. The van der Waals surface area contributed by atoms with Crippen LogP contribution in [0.2, 0.25) is 0 Å². The van der Waals surface area contributed by atoms with E-state index in [4.69, 9.17) is 0 Å². The molecule has 1 aromatic heterocycles. The lowest BCUT2D eigenvalue weighted by atomic mass is 9.96. The van der Waals surface area contributed by atoms with Crippen molar-refractivity contribution in [2.24, 2.45) is 0 Å². The molecule has 2 atom stereocenters. The molecule has 21 heavy (non-hydrogen) atoms. The molecule has 1 fully saturated rings. The van der Waals surface area contributed by atoms with Gasteiger partial charge in [-0.3, -0.25) is 0 Å². The summed E-state index contributed by atoms with van der Waals surface area (Å²) >= 11 is 0. The molecule has 112 valence electrons. The number of hydrogen-bond donors (Lipinski definition) is 1. The van der Waals surface area contributed by atoms with E-state index < -0.39 is 0 Å². The second-order valence-corrected chi connectivity index (χ2v) is 5.86. The van der Waals surface area contributed by atoms with Gasteiger partial charge < -0.3 is 10.2 Å². The van der Waals surface area contributed by atoms with Gasteiger partial charge in [-0.05, 0) is 32.7 Å². The highest BCUT2D eigenvalue weighted by atomic mass is 15.3. The van der Waals surface area contributed by atoms with Crippen LogP contribution in [0.25, 0.3) is 10.8 Å². The number of rotatable bonds is 4. The van der Waals surface area contributed by atoms with E-state index >= 15 is 0 Å². The van der Waals surface area contributed by atoms with Crippen molar-refractivity contribution in [3.63, 3.8) is 0 Å². The van der Waals surface area contributed by atoms with E-state index in [0.717, 1.165) is 18.9 Å². The number of aromatic nitrogens is 2. The minimum atomic E-state index is 0.469. The zero-order valence-corrected chi connectivity index (χ0v) is 12.9. The molecule has 4 nitrogen and oxygen atoms in total. The maximum Gasteiger partial charge on any atom is 0.159 e. The summed E-state index contributed by atoms with van der Waals surface area (Å²) in [6, 6.07) is 9.38. The van der Waals surface area contributed by atoms with E-state index in [1.54, 1.807) is 0 Å². The van der Waals surface area contributed by atoms with E-state index in [9.17, 15) is 0 Å². The van der Waals surface area contributed by atoms with Crippen LogP contribution in [0.4, 0.5) is 5.82 Å². The van der Waals surface area contributed by atoms with Crippen LogP contribution in [-0.4, -0.2) is 35.4 Å². The molecule has 0 spiro atoms. The Balaban J connectivity index is 1.98. The first-order chi connectivity index (χ1) is 10.3. The molecule has 0 bridgehead atoms. The molecule has 1 saturated heterocycles. The van der Waals surface area contributed by atoms with Gasteiger partial charge in [-0.1, -0.05) is 31.2 Å². The van der Waals surface area contributed by atoms with Gasteiger partial charge in [-0.25, -0.2) is 0 Å². The molecule has 1 N–H and O–H groups in total. The average Bonchev–Trinajstić information content (AvgIpc) is 2.54. The van der Waals surface area contributed by atoms with Gasteiger partial charge in [0.2, 0.25) is 0 Å². The number of nitrogens with one attached hydrogen (secondary N) is 1. The van der Waals surface area contributed by atoms with E-state index in [1.165, 1.54) is 30.0 Å². The zero-order chi connectivity index (χ0) is 14.7. The van der Waals surface area contributed by atoms with Crippen molar-refractivity contribution in [2.75, 3.05) is 18.0 Å². The predicted molar refractivity (Wildman–Crippen MR) is 87.7 cm³/mol. The summed E-state index contributed by atoms with van der Waals surface area (Å²) in [5, 5.41) is 14.6. The standard InChI is InChI=1S/C17H24N4/c1-3-18-13(2)16-10-6-7-11-21(16)17-15-9-5-4-8-14(15)12-19-20-17/h4-5,8-9,12-13,16,18H,3,6-7,10-11H2,1-2H3. The van der Waals surface area contributed by atoms with E-state index in [1.807, 2.05) is 6.20 Å². The molecule has 2 unspecified atom stereocenters. The molecule has 2 heterocycles. The lowest BCUT2D eigenvalue weighted by molar-refractivity contribution is 0.370. The zero-order valence-electron chi connectivity index (χ0n) is 12.9. The van der Waals surface area contributed by atoms with Gasteiger partial charge in [0, 0.05) is 29.4 Å². The highest BCUT2D eigenvalue weighted by Gasteiger charge is 2.29. The molecule has 4 heteroatoms. The van der Waals surface area contributed by atoms with Gasteiger partial charge in [0.15, 0.2) is 5.82 Å². The largest absolute Gasteiger partial charge is 0.350 e. The van der Waals surface area contributed by atoms with Gasteiger partial charge in [0.05, 0.1) is 6.20 Å². The molecule has 1 aliphatic heterocycles. The molecular formula is C17H24N4. The summed E-state index contributed by atoms with van der Waals surface area (Å²) in [4.78, 5) is 2.46. The van der Waals surface area contributed by atoms with Crippen molar-refractivity contribution in [3.8, 4) is 0 Å². The van der Waals surface area contributed by atoms with Crippen LogP contribution in [0, 0.1) is 0 Å². The molecule has 3 rings (SSSR count). The molecule has 0 amide bonds. The maximum atomic E-state index is 4.47. The van der Waals surface area contributed by atoms with Crippen LogP contribution in [0.5, 0.6) is 0 Å². The Morgan fingerprint density at radius 1 is 1.33 bits per heavy atom. The Morgan fingerprint density at radius 2 is 2.19 bits per heavy atom. The summed E-state index contributed by atoms with van der Waals surface area (Å²) < 4.78 is 0. The summed E-state index contributed by atoms with van der Waals surface area (Å²) in [5.41, 5.74) is 0. The lowest BCUT2D eigenvalue weighted by Gasteiger charge is -2.40. The molecule has 2 aromatic rings. The quantitative estimate of drug-likeness (QED) is 0.937. The Hall–Kier alpha value is -1.68. The number of benzene rings is 1. The minimum absolute atomic E-state index is 0.469. The highest BCUT2D eigenvalue weighted by Crippen LogP contribution is 2.30. The van der Waals surface area contributed by atoms with Crippen LogP contribution in [0.3, 0.4) is 0 Å². The lowest BCUT2D eigenvalue weighted by Crippen LogP contribution is -2.51. The molecule has 0 aliphatic carbocycles. The third kappa shape index (κ3) is 2.86. The molecule has 0 saturated carbocycles. The smallest absolute Gasteiger partial charge is 0.159 e. The summed E-state index contributed by atoms with van der Waals surface area (Å²) in [5.74, 6) is 1.04. The van der Waals surface area contributed by atoms with Crippen molar-refractivity contribution < 1.29 is 0 Å². The van der Waals surface area contributed by atoms with E-state index in [2.05, 4.69) is 58.5 Å². The molecular weight excluding hydrogens is 260 g/mol. The fourth-order valence-corrected chi connectivity index (χ4v) is 3.42. The third-order valence-corrected chi connectivity index (χ3v) is 4.48. The number of fused-ring (bicyclic) bond motifs is 1. The van der Waals surface area contributed by atoms with Gasteiger partial charge in [-0.15, -0.1) is 5.10 Å². The Labute approximate surface area is 126 Å². The first-order valence-electron chi connectivity index (χ1n) is 8.01. The summed E-state index contributed by atoms with van der Waals surface area (Å²) in [6.07, 6.45) is 5.61. The average molecular weight is 284 g/mol. The highest BCUT2D eigenvalue weighted by molar-refractivity contribution is 5.91. The Kier molecular flexibility index (Phi) is 4.34. The Bertz CT molecular complexity index is 593. The van der Waals surface area contributed by atoms with E-state index in [0.29, 0.717) is 12.1 Å². The topological polar surface area (TPSA) is 41.0 Å². The van der Waals surface area contributed by atoms with Gasteiger partial charge in [0.25, 0.3) is 0 Å². The van der Waals surface area contributed by atoms with Crippen LogP contribution in [0.1, 0.15) is 33.1 Å². The number of likely N-dealkylation sites (N-methyl/N-ethyl adjacent to an activating group) is 1. The van der Waals surface area contributed by atoms with Crippen LogP contribution >= 0.6 is 0 Å². The second kappa shape index (κ2) is 6.39. The summed E-state index contributed by atoms with van der Waals surface area (Å²) in [6.45, 7) is 6.53.